The van der Waals surface area contributed by atoms with Crippen molar-refractivity contribution in [1.29, 1.82) is 0 Å². The van der Waals surface area contributed by atoms with Gasteiger partial charge in [0.2, 0.25) is 11.8 Å². The van der Waals surface area contributed by atoms with Crippen LogP contribution in [0.25, 0.3) is 22.2 Å². The molecule has 1 saturated heterocycles. The summed E-state index contributed by atoms with van der Waals surface area (Å²) in [6, 6.07) is -0.250. The Kier molecular flexibility index (Phi) is 11.8. The number of nitrogen functional groups attached to an aromatic ring is 1. The molecule has 0 spiro atoms. The lowest BCUT2D eigenvalue weighted by molar-refractivity contribution is -0.141. The van der Waals surface area contributed by atoms with E-state index >= 15 is 4.39 Å². The van der Waals surface area contributed by atoms with Crippen LogP contribution in [0, 0.1) is 18.6 Å². The molecule has 1 aromatic carbocycles. The van der Waals surface area contributed by atoms with Crippen molar-refractivity contribution in [3.05, 3.63) is 28.8 Å². The number of anilines is 2. The molecule has 4 N–H and O–H groups in total. The zero-order valence-corrected chi connectivity index (χ0v) is 28.0. The minimum absolute atomic E-state index is 0.0104. The molecule has 0 aliphatic carbocycles. The molecule has 3 aromatic rings. The summed E-state index contributed by atoms with van der Waals surface area (Å²) in [6.07, 6.45) is -4.27. The van der Waals surface area contributed by atoms with E-state index in [1.54, 1.807) is 18.9 Å². The van der Waals surface area contributed by atoms with Gasteiger partial charge in [-0.2, -0.15) is 23.1 Å². The summed E-state index contributed by atoms with van der Waals surface area (Å²) in [4.78, 5) is 29.6. The summed E-state index contributed by atoms with van der Waals surface area (Å²) in [6.45, 7) is 11.7. The highest BCUT2D eigenvalue weighted by Gasteiger charge is 2.39. The Morgan fingerprint density at radius 2 is 1.83 bits per heavy atom. The van der Waals surface area contributed by atoms with E-state index in [4.69, 9.17) is 15.2 Å². The van der Waals surface area contributed by atoms with Crippen molar-refractivity contribution in [3.8, 4) is 23.1 Å². The summed E-state index contributed by atoms with van der Waals surface area (Å²) in [5, 5.41) is 6.32. The molecule has 2 aromatic heterocycles. The quantitative estimate of drug-likeness (QED) is 0.241. The van der Waals surface area contributed by atoms with Crippen LogP contribution in [0.4, 0.5) is 33.5 Å². The minimum Gasteiger partial charge on any atom is -0.474 e. The van der Waals surface area contributed by atoms with Gasteiger partial charge in [0.05, 0.1) is 17.4 Å². The first-order valence-electron chi connectivity index (χ1n) is 16.1. The zero-order chi connectivity index (χ0) is 35.3. The molecule has 0 saturated carbocycles. The standard InChI is InChI=1S/C30H37F5N8O3.C2H6/c1-5-10-43-12-11-42(4)28(44)19(43)14-45-29-40-25-20-26(41-29)38-9-8-37-7-6-15(2)46-27(20)39-24(23(25)32)17-13-18(36)22(31)16(3)21(17)30(33,34)35;1-2/h13,15,19,37H,5-12,14,36H2,1-4H3,(H,38,40,41);1-2H3. The van der Waals surface area contributed by atoms with Crippen molar-refractivity contribution in [2.75, 3.05) is 64.0 Å². The number of nitrogens with zero attached hydrogens (tertiary/aromatic N) is 5. The lowest BCUT2D eigenvalue weighted by Gasteiger charge is -2.38. The molecule has 0 bridgehead atoms. The van der Waals surface area contributed by atoms with Crippen LogP contribution in [-0.2, 0) is 11.0 Å². The Morgan fingerprint density at radius 1 is 1.10 bits per heavy atom. The third kappa shape index (κ3) is 7.64. The van der Waals surface area contributed by atoms with Gasteiger partial charge in [0.25, 0.3) is 0 Å². The van der Waals surface area contributed by atoms with E-state index < -0.39 is 63.5 Å². The number of pyridine rings is 1. The molecule has 2 atom stereocenters. The van der Waals surface area contributed by atoms with Gasteiger partial charge < -0.3 is 30.7 Å². The average molecular weight is 683 g/mol. The smallest absolute Gasteiger partial charge is 0.417 e. The third-order valence-corrected chi connectivity index (χ3v) is 8.14. The van der Waals surface area contributed by atoms with Crippen LogP contribution >= 0.6 is 0 Å². The topological polar surface area (TPSA) is 131 Å². The first-order valence-corrected chi connectivity index (χ1v) is 16.1. The van der Waals surface area contributed by atoms with E-state index in [9.17, 15) is 22.4 Å². The number of nitrogens with one attached hydrogen (secondary N) is 2. The van der Waals surface area contributed by atoms with E-state index in [1.807, 2.05) is 25.7 Å². The number of carbonyl (C=O) groups is 1. The predicted octanol–water partition coefficient (Wildman–Crippen LogP) is 5.01. The van der Waals surface area contributed by atoms with Crippen LogP contribution in [-0.4, -0.2) is 95.7 Å². The Labute approximate surface area is 276 Å². The number of aromatic nitrogens is 3. The van der Waals surface area contributed by atoms with Crippen molar-refractivity contribution in [1.82, 2.24) is 30.1 Å². The molecule has 16 heteroatoms. The lowest BCUT2D eigenvalue weighted by atomic mass is 9.96. The monoisotopic (exact) mass is 682 g/mol. The fourth-order valence-electron chi connectivity index (χ4n) is 5.74. The zero-order valence-electron chi connectivity index (χ0n) is 28.0. The molecule has 2 unspecified atom stereocenters. The van der Waals surface area contributed by atoms with E-state index in [0.29, 0.717) is 51.8 Å². The summed E-state index contributed by atoms with van der Waals surface area (Å²) >= 11 is 0. The van der Waals surface area contributed by atoms with E-state index in [0.717, 1.165) is 13.3 Å². The second-order valence-corrected chi connectivity index (χ2v) is 11.5. The van der Waals surface area contributed by atoms with Gasteiger partial charge in [0.1, 0.15) is 40.9 Å². The number of alkyl halides is 3. The van der Waals surface area contributed by atoms with E-state index in [-0.39, 0.29) is 35.6 Å². The molecular weight excluding hydrogens is 639 g/mol. The summed E-state index contributed by atoms with van der Waals surface area (Å²) in [5.74, 6) is -2.81. The normalized spacial score (nSPS) is 19.1. The van der Waals surface area contributed by atoms with Crippen LogP contribution < -0.4 is 25.8 Å². The largest absolute Gasteiger partial charge is 0.474 e. The Balaban J connectivity index is 0.00000255. The van der Waals surface area contributed by atoms with Gasteiger partial charge in [0.15, 0.2) is 5.82 Å². The maximum absolute atomic E-state index is 16.6. The number of hydrogen-bond donors (Lipinski definition) is 3. The first kappa shape index (κ1) is 36.8. The van der Waals surface area contributed by atoms with Crippen LogP contribution in [0.15, 0.2) is 6.07 Å². The van der Waals surface area contributed by atoms with Gasteiger partial charge in [-0.25, -0.2) is 13.8 Å². The number of amides is 1. The van der Waals surface area contributed by atoms with Crippen molar-refractivity contribution in [2.45, 2.75) is 65.8 Å². The fraction of sp³-hybridized carbons (Fsp3) is 0.562. The highest BCUT2D eigenvalue weighted by molar-refractivity contribution is 5.96. The molecule has 11 nitrogen and oxygen atoms in total. The summed E-state index contributed by atoms with van der Waals surface area (Å²) in [7, 11) is 1.69. The highest BCUT2D eigenvalue weighted by Crippen LogP contribution is 2.44. The maximum atomic E-state index is 16.6. The molecule has 4 heterocycles. The van der Waals surface area contributed by atoms with Crippen LogP contribution in [0.2, 0.25) is 0 Å². The van der Waals surface area contributed by atoms with Crippen LogP contribution in [0.5, 0.6) is 11.9 Å². The Morgan fingerprint density at radius 3 is 2.52 bits per heavy atom. The van der Waals surface area contributed by atoms with E-state index in [2.05, 4.69) is 25.6 Å². The highest BCUT2D eigenvalue weighted by atomic mass is 19.4. The van der Waals surface area contributed by atoms with Gasteiger partial charge in [-0.05, 0) is 51.4 Å². The van der Waals surface area contributed by atoms with Gasteiger partial charge in [-0.3, -0.25) is 9.69 Å². The number of halogens is 5. The number of ether oxygens (including phenoxy) is 2. The number of hydrogen-bond acceptors (Lipinski definition) is 10. The summed E-state index contributed by atoms with van der Waals surface area (Å²) in [5.41, 5.74) is 0.913. The Bertz CT molecular complexity index is 1620. The first-order chi connectivity index (χ1) is 22.8. The third-order valence-electron chi connectivity index (χ3n) is 8.14. The van der Waals surface area contributed by atoms with Crippen molar-refractivity contribution >= 4 is 28.3 Å². The van der Waals surface area contributed by atoms with Crippen molar-refractivity contribution < 1.29 is 36.2 Å². The predicted molar refractivity (Wildman–Crippen MR) is 173 cm³/mol. The Hall–Kier alpha value is -4.05. The molecular formula is C32H43F5N8O3. The van der Waals surface area contributed by atoms with Gasteiger partial charge in [-0.15, -0.1) is 0 Å². The van der Waals surface area contributed by atoms with Gasteiger partial charge >= 0.3 is 12.2 Å². The molecule has 264 valence electrons. The number of carbonyl (C=O) groups excluding carboxylic acids is 1. The maximum Gasteiger partial charge on any atom is 0.417 e. The number of piperazine rings is 1. The second kappa shape index (κ2) is 15.4. The second-order valence-electron chi connectivity index (χ2n) is 11.5. The molecule has 2 aliphatic heterocycles. The molecule has 0 radical (unpaired) electrons. The number of likely N-dealkylation sites (N-methyl/N-ethyl adjacent to an activating group) is 1. The number of benzene rings is 1. The fourth-order valence-corrected chi connectivity index (χ4v) is 5.74. The lowest BCUT2D eigenvalue weighted by Crippen LogP contribution is -2.58. The SMILES string of the molecule is CC.CCCN1CCN(C)C(=O)C1COc1nc2c3c(nc(-c4cc(N)c(F)c(C)c4C(F)(F)F)c(F)c3n1)OC(C)CCNCCN2. The summed E-state index contributed by atoms with van der Waals surface area (Å²) < 4.78 is 86.2. The molecule has 1 amide bonds. The van der Waals surface area contributed by atoms with Crippen molar-refractivity contribution in [2.24, 2.45) is 0 Å². The molecule has 48 heavy (non-hydrogen) atoms. The van der Waals surface area contributed by atoms with Crippen molar-refractivity contribution in [3.63, 3.8) is 0 Å². The number of rotatable bonds is 6. The van der Waals surface area contributed by atoms with Crippen LogP contribution in [0.1, 0.15) is 51.7 Å². The van der Waals surface area contributed by atoms with Gasteiger partial charge in [-0.1, -0.05) is 20.8 Å². The average Bonchev–Trinajstić information content (AvgIpc) is 3.07. The molecule has 1 fully saturated rings. The molecule has 2 aliphatic rings. The number of nitrogens with two attached hydrogens (primary N) is 1. The van der Waals surface area contributed by atoms with Gasteiger partial charge in [0, 0.05) is 38.8 Å². The van der Waals surface area contributed by atoms with Crippen LogP contribution in [0.3, 0.4) is 0 Å². The van der Waals surface area contributed by atoms with E-state index in [1.165, 1.54) is 0 Å². The minimum atomic E-state index is -5.08. The molecule has 5 rings (SSSR count).